The molecule has 1 N–H and O–H groups in total. The first-order chi connectivity index (χ1) is 7.00. The zero-order chi connectivity index (χ0) is 11.4. The molecule has 3 nitrogen and oxygen atoms in total. The van der Waals surface area contributed by atoms with E-state index in [1.54, 1.807) is 38.1 Å². The molecule has 0 aliphatic carbocycles. The predicted molar refractivity (Wildman–Crippen MR) is 57.6 cm³/mol. The summed E-state index contributed by atoms with van der Waals surface area (Å²) in [6, 6.07) is 6.41. The summed E-state index contributed by atoms with van der Waals surface area (Å²) in [6.07, 6.45) is -1.48. The number of hydrogen-bond acceptors (Lipinski definition) is 3. The maximum absolute atomic E-state index is 11.3. The van der Waals surface area contributed by atoms with Crippen molar-refractivity contribution in [1.29, 1.82) is 0 Å². The summed E-state index contributed by atoms with van der Waals surface area (Å²) in [6.45, 7) is 3.46. The lowest BCUT2D eigenvalue weighted by Gasteiger charge is -2.13. The summed E-state index contributed by atoms with van der Waals surface area (Å²) < 4.78 is 4.87. The summed E-state index contributed by atoms with van der Waals surface area (Å²) >= 11 is 5.68. The molecule has 82 valence electrons. The molecule has 0 aromatic heterocycles. The van der Waals surface area contributed by atoms with Crippen molar-refractivity contribution in [2.45, 2.75) is 26.1 Å². The molecule has 0 radical (unpaired) electrons. The van der Waals surface area contributed by atoms with Gasteiger partial charge in [0.1, 0.15) is 0 Å². The summed E-state index contributed by atoms with van der Waals surface area (Å²) in [5.74, 6) is -0.646. The van der Waals surface area contributed by atoms with Crippen LogP contribution in [0, 0.1) is 0 Å². The Morgan fingerprint density at radius 1 is 1.33 bits per heavy atom. The Morgan fingerprint density at radius 2 is 1.87 bits per heavy atom. The Hall–Kier alpha value is -1.06. The fourth-order valence-corrected chi connectivity index (χ4v) is 1.20. The first kappa shape index (κ1) is 12.0. The van der Waals surface area contributed by atoms with Gasteiger partial charge >= 0.3 is 5.97 Å². The summed E-state index contributed by atoms with van der Waals surface area (Å²) in [5.41, 5.74) is 0.477. The second kappa shape index (κ2) is 5.14. The predicted octanol–water partition coefficient (Wildman–Crippen LogP) is 2.33. The lowest BCUT2D eigenvalue weighted by Crippen LogP contribution is -2.19. The van der Waals surface area contributed by atoms with Crippen molar-refractivity contribution in [3.05, 3.63) is 34.9 Å². The molecule has 0 heterocycles. The van der Waals surface area contributed by atoms with E-state index < -0.39 is 12.1 Å². The molecule has 0 aliphatic heterocycles. The van der Waals surface area contributed by atoms with E-state index >= 15 is 0 Å². The number of ether oxygens (including phenoxy) is 1. The van der Waals surface area contributed by atoms with Crippen LogP contribution in [0.2, 0.25) is 5.02 Å². The van der Waals surface area contributed by atoms with E-state index in [0.29, 0.717) is 10.6 Å². The van der Waals surface area contributed by atoms with Crippen molar-refractivity contribution >= 4 is 17.6 Å². The normalized spacial score (nSPS) is 12.6. The Balaban J connectivity index is 2.71. The number of rotatable bonds is 3. The van der Waals surface area contributed by atoms with Crippen molar-refractivity contribution in [2.75, 3.05) is 0 Å². The lowest BCUT2D eigenvalue weighted by atomic mass is 10.1. The number of hydrogen-bond donors (Lipinski definition) is 1. The molecule has 1 unspecified atom stereocenters. The van der Waals surface area contributed by atoms with Gasteiger partial charge in [0, 0.05) is 5.02 Å². The van der Waals surface area contributed by atoms with Gasteiger partial charge in [-0.2, -0.15) is 0 Å². The number of carbonyl (C=O) groups excluding carboxylic acids is 1. The third-order valence-electron chi connectivity index (χ3n) is 1.76. The van der Waals surface area contributed by atoms with E-state index in [1.165, 1.54) is 0 Å². The molecule has 0 saturated heterocycles. The van der Waals surface area contributed by atoms with Gasteiger partial charge in [0.15, 0.2) is 6.10 Å². The first-order valence-electron chi connectivity index (χ1n) is 4.64. The maximum atomic E-state index is 11.3. The van der Waals surface area contributed by atoms with Crippen LogP contribution < -0.4 is 0 Å². The van der Waals surface area contributed by atoms with Crippen molar-refractivity contribution in [1.82, 2.24) is 0 Å². The van der Waals surface area contributed by atoms with Crippen molar-refractivity contribution in [3.63, 3.8) is 0 Å². The van der Waals surface area contributed by atoms with Crippen LogP contribution in [-0.2, 0) is 9.53 Å². The number of aliphatic hydroxyl groups is 1. The standard InChI is InChI=1S/C11H13ClO3/c1-7(2)15-11(14)10(13)8-3-5-9(12)6-4-8/h3-7,10,13H,1-2H3. The minimum atomic E-state index is -1.25. The van der Waals surface area contributed by atoms with Gasteiger partial charge in [-0.1, -0.05) is 23.7 Å². The number of carbonyl (C=O) groups is 1. The topological polar surface area (TPSA) is 46.5 Å². The molecule has 0 aliphatic rings. The van der Waals surface area contributed by atoms with Gasteiger partial charge in [-0.05, 0) is 31.5 Å². The van der Waals surface area contributed by atoms with Gasteiger partial charge in [0.25, 0.3) is 0 Å². The van der Waals surface area contributed by atoms with Crippen LogP contribution in [0.3, 0.4) is 0 Å². The largest absolute Gasteiger partial charge is 0.461 e. The van der Waals surface area contributed by atoms with Crippen LogP contribution in [0.4, 0.5) is 0 Å². The quantitative estimate of drug-likeness (QED) is 0.808. The molecular weight excluding hydrogens is 216 g/mol. The summed E-state index contributed by atoms with van der Waals surface area (Å²) in [7, 11) is 0. The van der Waals surface area contributed by atoms with Crippen molar-refractivity contribution in [2.24, 2.45) is 0 Å². The molecule has 4 heteroatoms. The zero-order valence-corrected chi connectivity index (χ0v) is 9.36. The SMILES string of the molecule is CC(C)OC(=O)C(O)c1ccc(Cl)cc1. The van der Waals surface area contributed by atoms with Crippen LogP contribution in [-0.4, -0.2) is 17.2 Å². The zero-order valence-electron chi connectivity index (χ0n) is 8.61. The minimum absolute atomic E-state index is 0.237. The summed E-state index contributed by atoms with van der Waals surface area (Å²) in [5, 5.41) is 10.2. The number of aliphatic hydroxyl groups excluding tert-OH is 1. The van der Waals surface area contributed by atoms with Gasteiger partial charge in [0.2, 0.25) is 0 Å². The lowest BCUT2D eigenvalue weighted by molar-refractivity contribution is -0.157. The van der Waals surface area contributed by atoms with Gasteiger partial charge in [-0.25, -0.2) is 4.79 Å². The second-order valence-electron chi connectivity index (χ2n) is 3.44. The average Bonchev–Trinajstić information content (AvgIpc) is 2.17. The molecule has 15 heavy (non-hydrogen) atoms. The van der Waals surface area contributed by atoms with Crippen molar-refractivity contribution in [3.8, 4) is 0 Å². The second-order valence-corrected chi connectivity index (χ2v) is 3.88. The molecule has 0 fully saturated rings. The Kier molecular flexibility index (Phi) is 4.12. The van der Waals surface area contributed by atoms with Gasteiger partial charge in [0.05, 0.1) is 6.10 Å². The van der Waals surface area contributed by atoms with Gasteiger partial charge < -0.3 is 9.84 Å². The smallest absolute Gasteiger partial charge is 0.339 e. The van der Waals surface area contributed by atoms with E-state index in [4.69, 9.17) is 16.3 Å². The molecule has 1 aromatic carbocycles. The highest BCUT2D eigenvalue weighted by Gasteiger charge is 2.19. The molecule has 0 saturated carbocycles. The highest BCUT2D eigenvalue weighted by atomic mass is 35.5. The molecular formula is C11H13ClO3. The summed E-state index contributed by atoms with van der Waals surface area (Å²) in [4.78, 5) is 11.3. The molecule has 1 rings (SSSR count). The molecule has 0 bridgehead atoms. The number of esters is 1. The third-order valence-corrected chi connectivity index (χ3v) is 2.01. The average molecular weight is 229 g/mol. The van der Waals surface area contributed by atoms with E-state index in [1.807, 2.05) is 0 Å². The Bertz CT molecular complexity index is 332. The number of benzene rings is 1. The Morgan fingerprint density at radius 3 is 2.33 bits per heavy atom. The van der Waals surface area contributed by atoms with E-state index in [0.717, 1.165) is 0 Å². The fourth-order valence-electron chi connectivity index (χ4n) is 1.08. The van der Waals surface area contributed by atoms with Crippen LogP contribution in [0.5, 0.6) is 0 Å². The van der Waals surface area contributed by atoms with E-state index in [9.17, 15) is 9.90 Å². The molecule has 0 amide bonds. The molecule has 0 spiro atoms. The van der Waals surface area contributed by atoms with E-state index in [2.05, 4.69) is 0 Å². The Labute approximate surface area is 93.6 Å². The van der Waals surface area contributed by atoms with Gasteiger partial charge in [-0.3, -0.25) is 0 Å². The van der Waals surface area contributed by atoms with Crippen LogP contribution in [0.25, 0.3) is 0 Å². The highest BCUT2D eigenvalue weighted by molar-refractivity contribution is 6.30. The molecule has 1 aromatic rings. The highest BCUT2D eigenvalue weighted by Crippen LogP contribution is 2.17. The first-order valence-corrected chi connectivity index (χ1v) is 5.02. The van der Waals surface area contributed by atoms with Gasteiger partial charge in [-0.15, -0.1) is 0 Å². The van der Waals surface area contributed by atoms with Crippen LogP contribution >= 0.6 is 11.6 Å². The third kappa shape index (κ3) is 3.53. The van der Waals surface area contributed by atoms with Crippen molar-refractivity contribution < 1.29 is 14.6 Å². The molecule has 1 atom stereocenters. The van der Waals surface area contributed by atoms with Crippen LogP contribution in [0.1, 0.15) is 25.5 Å². The van der Waals surface area contributed by atoms with E-state index in [-0.39, 0.29) is 6.10 Å². The monoisotopic (exact) mass is 228 g/mol. The van der Waals surface area contributed by atoms with Crippen LogP contribution in [0.15, 0.2) is 24.3 Å². The fraction of sp³-hybridized carbons (Fsp3) is 0.364. The maximum Gasteiger partial charge on any atom is 0.339 e. The number of halogens is 1. The minimum Gasteiger partial charge on any atom is -0.461 e.